The number of aromatic nitrogens is 3. The summed E-state index contributed by atoms with van der Waals surface area (Å²) in [5, 5.41) is 6.49. The third kappa shape index (κ3) is 3.54. The molecule has 0 bridgehead atoms. The molecule has 0 fully saturated rings. The lowest BCUT2D eigenvalue weighted by molar-refractivity contribution is -0.125. The second-order valence-corrected chi connectivity index (χ2v) is 4.82. The summed E-state index contributed by atoms with van der Waals surface area (Å²) >= 11 is 0. The van der Waals surface area contributed by atoms with Crippen molar-refractivity contribution in [2.75, 3.05) is 7.05 Å². The highest BCUT2D eigenvalue weighted by atomic mass is 16.2. The van der Waals surface area contributed by atoms with Crippen molar-refractivity contribution in [1.29, 1.82) is 0 Å². The molecule has 1 amide bonds. The molecule has 0 unspecified atom stereocenters. The van der Waals surface area contributed by atoms with E-state index in [0.717, 1.165) is 11.1 Å². The predicted molar refractivity (Wildman–Crippen MR) is 77.8 cm³/mol. The van der Waals surface area contributed by atoms with Gasteiger partial charge in [0.2, 0.25) is 5.91 Å². The average molecular weight is 270 g/mol. The van der Waals surface area contributed by atoms with Crippen LogP contribution in [0.3, 0.4) is 0 Å². The number of likely N-dealkylation sites (N-methyl/N-ethyl adjacent to an activating group) is 1. The summed E-state index contributed by atoms with van der Waals surface area (Å²) in [5.41, 5.74) is 3.43. The van der Waals surface area contributed by atoms with Gasteiger partial charge in [0.1, 0.15) is 12.2 Å². The van der Waals surface area contributed by atoms with Crippen LogP contribution < -0.4 is 0 Å². The zero-order chi connectivity index (χ0) is 14.5. The zero-order valence-electron chi connectivity index (χ0n) is 11.9. The second-order valence-electron chi connectivity index (χ2n) is 4.82. The number of hydrogen-bond acceptors (Lipinski definition) is 3. The Morgan fingerprint density at radius 3 is 2.85 bits per heavy atom. The second kappa shape index (κ2) is 6.14. The van der Waals surface area contributed by atoms with Crippen LogP contribution >= 0.6 is 0 Å². The van der Waals surface area contributed by atoms with E-state index < -0.39 is 0 Å². The molecular formula is C15H18N4O. The Morgan fingerprint density at radius 1 is 1.40 bits per heavy atom. The van der Waals surface area contributed by atoms with E-state index in [1.165, 1.54) is 11.9 Å². The average Bonchev–Trinajstić information content (AvgIpc) is 2.90. The number of hydrogen-bond donors (Lipinski definition) is 1. The van der Waals surface area contributed by atoms with E-state index in [-0.39, 0.29) is 5.91 Å². The Morgan fingerprint density at radius 2 is 2.20 bits per heavy atom. The lowest BCUT2D eigenvalue weighted by Crippen LogP contribution is -2.24. The van der Waals surface area contributed by atoms with E-state index >= 15 is 0 Å². The van der Waals surface area contributed by atoms with E-state index in [9.17, 15) is 4.79 Å². The van der Waals surface area contributed by atoms with Gasteiger partial charge in [0.05, 0.1) is 6.54 Å². The van der Waals surface area contributed by atoms with Crippen molar-refractivity contribution in [2.24, 2.45) is 0 Å². The monoisotopic (exact) mass is 270 g/mol. The van der Waals surface area contributed by atoms with E-state index in [4.69, 9.17) is 0 Å². The normalized spacial score (nSPS) is 10.9. The van der Waals surface area contributed by atoms with Gasteiger partial charge in [-0.2, -0.15) is 5.10 Å². The SMILES string of the molecule is Cc1ccc(C=CC(=O)N(C)Cc2ncn[nH]2)c(C)c1. The first kappa shape index (κ1) is 14.0. The molecule has 5 heteroatoms. The van der Waals surface area contributed by atoms with Gasteiger partial charge in [-0.25, -0.2) is 4.98 Å². The molecule has 0 saturated heterocycles. The minimum absolute atomic E-state index is 0.0682. The molecule has 0 atom stereocenters. The zero-order valence-corrected chi connectivity index (χ0v) is 11.9. The number of carbonyl (C=O) groups is 1. The summed E-state index contributed by atoms with van der Waals surface area (Å²) in [6.45, 7) is 4.50. The van der Waals surface area contributed by atoms with Gasteiger partial charge < -0.3 is 4.90 Å². The molecule has 0 radical (unpaired) electrons. The van der Waals surface area contributed by atoms with Crippen molar-refractivity contribution in [3.05, 3.63) is 53.1 Å². The van der Waals surface area contributed by atoms with Gasteiger partial charge in [0.15, 0.2) is 0 Å². The molecule has 20 heavy (non-hydrogen) atoms. The highest BCUT2D eigenvalue weighted by molar-refractivity contribution is 5.91. The number of nitrogens with one attached hydrogen (secondary N) is 1. The maximum atomic E-state index is 12.0. The molecule has 1 N–H and O–H groups in total. The molecule has 5 nitrogen and oxygen atoms in total. The van der Waals surface area contributed by atoms with Gasteiger partial charge in [0, 0.05) is 13.1 Å². The quantitative estimate of drug-likeness (QED) is 0.865. The standard InChI is InChI=1S/C15H18N4O/c1-11-4-5-13(12(2)8-11)6-7-15(20)19(3)9-14-16-10-17-18-14/h4-8,10H,9H2,1-3H3,(H,16,17,18). The molecule has 0 aliphatic rings. The van der Waals surface area contributed by atoms with Gasteiger partial charge >= 0.3 is 0 Å². The smallest absolute Gasteiger partial charge is 0.246 e. The molecule has 2 rings (SSSR count). The third-order valence-electron chi connectivity index (χ3n) is 3.06. The molecule has 0 aliphatic carbocycles. The molecule has 1 heterocycles. The van der Waals surface area contributed by atoms with Gasteiger partial charge in [-0.1, -0.05) is 23.8 Å². The van der Waals surface area contributed by atoms with Crippen molar-refractivity contribution in [2.45, 2.75) is 20.4 Å². The number of H-pyrrole nitrogens is 1. The highest BCUT2D eigenvalue weighted by Gasteiger charge is 2.07. The lowest BCUT2D eigenvalue weighted by atomic mass is 10.1. The first-order valence-electron chi connectivity index (χ1n) is 6.41. The maximum Gasteiger partial charge on any atom is 0.246 e. The number of nitrogens with zero attached hydrogens (tertiary/aromatic N) is 3. The minimum atomic E-state index is -0.0682. The van der Waals surface area contributed by atoms with E-state index in [1.54, 1.807) is 18.0 Å². The van der Waals surface area contributed by atoms with Crippen LogP contribution in [-0.4, -0.2) is 33.0 Å². The van der Waals surface area contributed by atoms with Gasteiger partial charge in [-0.05, 0) is 31.1 Å². The number of aromatic amines is 1. The molecule has 0 saturated carbocycles. The molecule has 2 aromatic rings. The minimum Gasteiger partial charge on any atom is -0.335 e. The summed E-state index contributed by atoms with van der Waals surface area (Å²) in [4.78, 5) is 17.6. The van der Waals surface area contributed by atoms with E-state index in [2.05, 4.69) is 28.2 Å². The topological polar surface area (TPSA) is 61.9 Å². The molecule has 1 aromatic heterocycles. The van der Waals surface area contributed by atoms with Crippen LogP contribution in [0, 0.1) is 13.8 Å². The van der Waals surface area contributed by atoms with Crippen LogP contribution in [0.4, 0.5) is 0 Å². The fourth-order valence-electron chi connectivity index (χ4n) is 1.91. The Balaban J connectivity index is 2.01. The van der Waals surface area contributed by atoms with E-state index in [1.807, 2.05) is 25.1 Å². The molecule has 104 valence electrons. The summed E-state index contributed by atoms with van der Waals surface area (Å²) in [6, 6.07) is 6.16. The van der Waals surface area contributed by atoms with Crippen LogP contribution in [-0.2, 0) is 11.3 Å². The van der Waals surface area contributed by atoms with Gasteiger partial charge in [-0.3, -0.25) is 9.89 Å². The van der Waals surface area contributed by atoms with Crippen molar-refractivity contribution in [1.82, 2.24) is 20.1 Å². The van der Waals surface area contributed by atoms with E-state index in [0.29, 0.717) is 12.4 Å². The van der Waals surface area contributed by atoms with Crippen LogP contribution in [0.5, 0.6) is 0 Å². The van der Waals surface area contributed by atoms with Gasteiger partial charge in [0.25, 0.3) is 0 Å². The summed E-state index contributed by atoms with van der Waals surface area (Å²) in [7, 11) is 1.73. The predicted octanol–water partition coefficient (Wildman–Crippen LogP) is 2.09. The van der Waals surface area contributed by atoms with Crippen molar-refractivity contribution >= 4 is 12.0 Å². The number of rotatable bonds is 4. The fraction of sp³-hybridized carbons (Fsp3) is 0.267. The van der Waals surface area contributed by atoms with Crippen molar-refractivity contribution < 1.29 is 4.79 Å². The van der Waals surface area contributed by atoms with Crippen molar-refractivity contribution in [3.8, 4) is 0 Å². The van der Waals surface area contributed by atoms with Crippen LogP contribution in [0.2, 0.25) is 0 Å². The maximum absolute atomic E-state index is 12.0. The fourth-order valence-corrected chi connectivity index (χ4v) is 1.91. The lowest BCUT2D eigenvalue weighted by Gasteiger charge is -2.12. The molecule has 1 aromatic carbocycles. The van der Waals surface area contributed by atoms with Crippen LogP contribution in [0.25, 0.3) is 6.08 Å². The Bertz CT molecular complexity index is 617. The number of carbonyl (C=O) groups excluding carboxylic acids is 1. The Labute approximate surface area is 118 Å². The summed E-state index contributed by atoms with van der Waals surface area (Å²) in [6.07, 6.45) is 4.85. The van der Waals surface area contributed by atoms with Crippen LogP contribution in [0.15, 0.2) is 30.6 Å². The first-order valence-corrected chi connectivity index (χ1v) is 6.41. The molecule has 0 aliphatic heterocycles. The largest absolute Gasteiger partial charge is 0.335 e. The number of aryl methyl sites for hydroxylation is 2. The third-order valence-corrected chi connectivity index (χ3v) is 3.06. The Kier molecular flexibility index (Phi) is 4.30. The number of benzene rings is 1. The molecule has 0 spiro atoms. The Hall–Kier alpha value is -2.43. The summed E-state index contributed by atoms with van der Waals surface area (Å²) in [5.74, 6) is 0.599. The van der Waals surface area contributed by atoms with Gasteiger partial charge in [-0.15, -0.1) is 0 Å². The highest BCUT2D eigenvalue weighted by Crippen LogP contribution is 2.12. The first-order chi connectivity index (χ1) is 9.56. The molecular weight excluding hydrogens is 252 g/mol. The van der Waals surface area contributed by atoms with Crippen LogP contribution in [0.1, 0.15) is 22.5 Å². The number of amides is 1. The summed E-state index contributed by atoms with van der Waals surface area (Å²) < 4.78 is 0. The van der Waals surface area contributed by atoms with Crippen molar-refractivity contribution in [3.63, 3.8) is 0 Å².